The van der Waals surface area contributed by atoms with Crippen LogP contribution in [0.4, 0.5) is 0 Å². The van der Waals surface area contributed by atoms with Crippen LogP contribution < -0.4 is 10.6 Å². The molecule has 0 aliphatic heterocycles. The van der Waals surface area contributed by atoms with Gasteiger partial charge in [-0.25, -0.2) is 0 Å². The summed E-state index contributed by atoms with van der Waals surface area (Å²) < 4.78 is 2.17. The third-order valence-electron chi connectivity index (χ3n) is 4.25. The van der Waals surface area contributed by atoms with Crippen molar-refractivity contribution in [1.29, 1.82) is 0 Å². The van der Waals surface area contributed by atoms with Crippen molar-refractivity contribution in [1.82, 2.24) is 15.2 Å². The Kier molecular flexibility index (Phi) is 8.80. The molecule has 0 atom stereocenters. The fraction of sp³-hybridized carbons (Fsp3) is 0.688. The van der Waals surface area contributed by atoms with Gasteiger partial charge in [0.05, 0.1) is 0 Å². The molecular weight excluding hydrogens is 375 g/mol. The molecule has 0 bridgehead atoms. The first-order valence-corrected chi connectivity index (χ1v) is 7.83. The predicted molar refractivity (Wildman–Crippen MR) is 100 cm³/mol. The van der Waals surface area contributed by atoms with E-state index >= 15 is 0 Å². The highest BCUT2D eigenvalue weighted by molar-refractivity contribution is 14.0. The van der Waals surface area contributed by atoms with E-state index in [2.05, 4.69) is 51.6 Å². The van der Waals surface area contributed by atoms with Gasteiger partial charge in [0.15, 0.2) is 5.96 Å². The number of aliphatic imine (C=N–C) groups is 1. The van der Waals surface area contributed by atoms with E-state index in [1.54, 1.807) is 0 Å². The minimum atomic E-state index is 0. The van der Waals surface area contributed by atoms with Crippen molar-refractivity contribution in [2.45, 2.75) is 39.2 Å². The molecular formula is C16H29IN4. The molecule has 4 nitrogen and oxygen atoms in total. The molecule has 0 aromatic carbocycles. The van der Waals surface area contributed by atoms with Gasteiger partial charge in [-0.1, -0.05) is 19.8 Å². The van der Waals surface area contributed by atoms with Crippen LogP contribution >= 0.6 is 24.0 Å². The van der Waals surface area contributed by atoms with Crippen LogP contribution in [0.3, 0.4) is 0 Å². The van der Waals surface area contributed by atoms with Gasteiger partial charge in [0, 0.05) is 39.1 Å². The summed E-state index contributed by atoms with van der Waals surface area (Å²) in [6.45, 7) is 5.28. The second-order valence-corrected chi connectivity index (χ2v) is 5.93. The summed E-state index contributed by atoms with van der Waals surface area (Å²) >= 11 is 0. The Morgan fingerprint density at radius 3 is 2.43 bits per heavy atom. The zero-order valence-corrected chi connectivity index (χ0v) is 15.5. The molecule has 0 spiro atoms. The average molecular weight is 404 g/mol. The van der Waals surface area contributed by atoms with Crippen LogP contribution in [0.25, 0.3) is 0 Å². The smallest absolute Gasteiger partial charge is 0.191 e. The summed E-state index contributed by atoms with van der Waals surface area (Å²) in [5.41, 5.74) is 0. The lowest BCUT2D eigenvalue weighted by Crippen LogP contribution is -2.41. The average Bonchev–Trinajstić information content (AvgIpc) is 2.97. The Balaban J connectivity index is 0.00000220. The van der Waals surface area contributed by atoms with Gasteiger partial charge in [0.25, 0.3) is 0 Å². The Morgan fingerprint density at radius 2 is 1.81 bits per heavy atom. The van der Waals surface area contributed by atoms with Crippen molar-refractivity contribution < 1.29 is 0 Å². The molecule has 1 saturated carbocycles. The zero-order chi connectivity index (χ0) is 14.2. The molecule has 1 aliphatic carbocycles. The Morgan fingerprint density at radius 1 is 1.14 bits per heavy atom. The molecule has 21 heavy (non-hydrogen) atoms. The molecule has 1 fully saturated rings. The normalized spacial score (nSPS) is 22.5. The molecule has 0 radical (unpaired) electrons. The summed E-state index contributed by atoms with van der Waals surface area (Å²) in [4.78, 5) is 4.29. The molecule has 0 amide bonds. The van der Waals surface area contributed by atoms with Crippen molar-refractivity contribution in [3.05, 3.63) is 24.5 Å². The van der Waals surface area contributed by atoms with Crippen molar-refractivity contribution >= 4 is 29.9 Å². The largest absolute Gasteiger partial charge is 0.356 e. The van der Waals surface area contributed by atoms with Crippen LogP contribution in [0.15, 0.2) is 29.5 Å². The minimum absolute atomic E-state index is 0. The predicted octanol–water partition coefficient (Wildman–Crippen LogP) is 3.10. The molecule has 1 aromatic rings. The molecule has 5 heteroatoms. The molecule has 1 heterocycles. The number of nitrogens with one attached hydrogen (secondary N) is 2. The third-order valence-corrected chi connectivity index (χ3v) is 4.25. The number of hydrogen-bond donors (Lipinski definition) is 2. The Hall–Kier alpha value is -0.720. The maximum Gasteiger partial charge on any atom is 0.191 e. The summed E-state index contributed by atoms with van der Waals surface area (Å²) in [7, 11) is 1.84. The number of aromatic nitrogens is 1. The number of nitrogens with zero attached hydrogens (tertiary/aromatic N) is 2. The van der Waals surface area contributed by atoms with Crippen LogP contribution in [-0.2, 0) is 6.54 Å². The molecule has 0 unspecified atom stereocenters. The molecule has 120 valence electrons. The quantitative estimate of drug-likeness (QED) is 0.450. The van der Waals surface area contributed by atoms with E-state index in [9.17, 15) is 0 Å². The second kappa shape index (κ2) is 10.1. The summed E-state index contributed by atoms with van der Waals surface area (Å²) in [5.74, 6) is 2.66. The number of rotatable bonds is 5. The van der Waals surface area contributed by atoms with E-state index in [-0.39, 0.29) is 24.0 Å². The highest BCUT2D eigenvalue weighted by Gasteiger charge is 2.18. The summed E-state index contributed by atoms with van der Waals surface area (Å²) in [5, 5.41) is 6.84. The topological polar surface area (TPSA) is 41.4 Å². The fourth-order valence-corrected chi connectivity index (χ4v) is 2.82. The van der Waals surface area contributed by atoms with Crippen LogP contribution in [0.5, 0.6) is 0 Å². The third kappa shape index (κ3) is 6.72. The van der Waals surface area contributed by atoms with Gasteiger partial charge in [0.1, 0.15) is 0 Å². The molecule has 0 saturated heterocycles. The number of hydrogen-bond acceptors (Lipinski definition) is 1. The Labute approximate surface area is 145 Å². The lowest BCUT2D eigenvalue weighted by Gasteiger charge is -2.26. The molecule has 1 aliphatic rings. The SMILES string of the molecule is CN=C(NCCn1cccc1)NCC1CCC(C)CC1.I. The summed E-state index contributed by atoms with van der Waals surface area (Å²) in [6.07, 6.45) is 9.64. The maximum absolute atomic E-state index is 4.29. The van der Waals surface area contributed by atoms with Crippen molar-refractivity contribution in [2.75, 3.05) is 20.1 Å². The first-order valence-electron chi connectivity index (χ1n) is 7.83. The zero-order valence-electron chi connectivity index (χ0n) is 13.2. The number of halogens is 1. The van der Waals surface area contributed by atoms with E-state index in [1.807, 2.05) is 7.05 Å². The molecule has 2 rings (SSSR count). The van der Waals surface area contributed by atoms with Crippen LogP contribution in [-0.4, -0.2) is 30.7 Å². The second-order valence-electron chi connectivity index (χ2n) is 5.93. The summed E-state index contributed by atoms with van der Waals surface area (Å²) in [6, 6.07) is 4.11. The van der Waals surface area contributed by atoms with Gasteiger partial charge < -0.3 is 15.2 Å². The first kappa shape index (κ1) is 18.3. The van der Waals surface area contributed by atoms with Gasteiger partial charge in [-0.15, -0.1) is 24.0 Å². The molecule has 2 N–H and O–H groups in total. The van der Waals surface area contributed by atoms with Gasteiger partial charge >= 0.3 is 0 Å². The van der Waals surface area contributed by atoms with Crippen molar-refractivity contribution in [2.24, 2.45) is 16.8 Å². The lowest BCUT2D eigenvalue weighted by molar-refractivity contribution is 0.289. The van der Waals surface area contributed by atoms with Gasteiger partial charge in [-0.3, -0.25) is 4.99 Å². The highest BCUT2D eigenvalue weighted by Crippen LogP contribution is 2.27. The lowest BCUT2D eigenvalue weighted by atomic mass is 9.83. The standard InChI is InChI=1S/C16H28N4.HI/c1-14-5-7-15(8-6-14)13-19-16(17-2)18-9-12-20-10-3-4-11-20;/h3-4,10-11,14-15H,5-9,12-13H2,1-2H3,(H2,17,18,19);1H. The van der Waals surface area contributed by atoms with E-state index in [0.717, 1.165) is 37.4 Å². The molecule has 1 aromatic heterocycles. The van der Waals surface area contributed by atoms with Gasteiger partial charge in [0.2, 0.25) is 0 Å². The highest BCUT2D eigenvalue weighted by atomic mass is 127. The van der Waals surface area contributed by atoms with E-state index in [0.29, 0.717) is 0 Å². The van der Waals surface area contributed by atoms with Crippen LogP contribution in [0.1, 0.15) is 32.6 Å². The van der Waals surface area contributed by atoms with Gasteiger partial charge in [-0.2, -0.15) is 0 Å². The maximum atomic E-state index is 4.29. The Bertz CT molecular complexity index is 394. The van der Waals surface area contributed by atoms with Gasteiger partial charge in [-0.05, 0) is 36.8 Å². The fourth-order valence-electron chi connectivity index (χ4n) is 2.82. The van der Waals surface area contributed by atoms with Crippen molar-refractivity contribution in [3.8, 4) is 0 Å². The van der Waals surface area contributed by atoms with E-state index in [1.165, 1.54) is 25.7 Å². The monoisotopic (exact) mass is 404 g/mol. The van der Waals surface area contributed by atoms with Crippen LogP contribution in [0, 0.1) is 11.8 Å². The first-order chi connectivity index (χ1) is 9.78. The number of guanidine groups is 1. The van der Waals surface area contributed by atoms with E-state index < -0.39 is 0 Å². The van der Waals surface area contributed by atoms with E-state index in [4.69, 9.17) is 0 Å². The van der Waals surface area contributed by atoms with Crippen molar-refractivity contribution in [3.63, 3.8) is 0 Å². The minimum Gasteiger partial charge on any atom is -0.356 e. The van der Waals surface area contributed by atoms with Crippen LogP contribution in [0.2, 0.25) is 0 Å².